The Bertz CT molecular complexity index is 913. The molecular weight excluding hydrogens is 328 g/mol. The molecule has 0 bridgehead atoms. The van der Waals surface area contributed by atoms with Crippen molar-refractivity contribution in [3.63, 3.8) is 0 Å². The van der Waals surface area contributed by atoms with Crippen molar-refractivity contribution < 1.29 is 9.72 Å². The summed E-state index contributed by atoms with van der Waals surface area (Å²) in [6.45, 7) is 0. The highest BCUT2D eigenvalue weighted by Gasteiger charge is 2.14. The van der Waals surface area contributed by atoms with Crippen molar-refractivity contribution in [3.05, 3.63) is 57.7 Å². The van der Waals surface area contributed by atoms with Crippen molar-refractivity contribution in [2.24, 2.45) is 0 Å². The molecule has 122 valence electrons. The van der Waals surface area contributed by atoms with Crippen molar-refractivity contribution in [2.45, 2.75) is 0 Å². The largest absolute Gasteiger partial charge is 0.357 e. The van der Waals surface area contributed by atoms with Gasteiger partial charge in [0.2, 0.25) is 0 Å². The second-order valence-electron chi connectivity index (χ2n) is 5.35. The fourth-order valence-corrected chi connectivity index (χ4v) is 3.02. The van der Waals surface area contributed by atoms with Crippen LogP contribution in [0.3, 0.4) is 0 Å². The quantitative estimate of drug-likeness (QED) is 0.581. The van der Waals surface area contributed by atoms with Crippen molar-refractivity contribution in [3.8, 4) is 21.8 Å². The van der Waals surface area contributed by atoms with Crippen LogP contribution in [0, 0.1) is 10.1 Å². The van der Waals surface area contributed by atoms with Gasteiger partial charge in [-0.1, -0.05) is 12.1 Å². The van der Waals surface area contributed by atoms with Crippen molar-refractivity contribution in [2.75, 3.05) is 14.1 Å². The van der Waals surface area contributed by atoms with Crippen LogP contribution in [-0.4, -0.2) is 39.8 Å². The lowest BCUT2D eigenvalue weighted by Gasteiger charge is -2.07. The van der Waals surface area contributed by atoms with Gasteiger partial charge in [0.1, 0.15) is 10.7 Å². The molecule has 1 aromatic carbocycles. The number of hydrogen-bond donors (Lipinski definition) is 1. The van der Waals surface area contributed by atoms with Crippen LogP contribution in [0.5, 0.6) is 0 Å². The second-order valence-corrected chi connectivity index (χ2v) is 6.21. The fourth-order valence-electron chi connectivity index (χ4n) is 2.20. The lowest BCUT2D eigenvalue weighted by atomic mass is 10.2. The highest BCUT2D eigenvalue weighted by Crippen LogP contribution is 2.30. The number of nitrogens with one attached hydrogen (secondary N) is 1. The maximum atomic E-state index is 11.9. The van der Waals surface area contributed by atoms with Crippen LogP contribution in [0.1, 0.15) is 10.5 Å². The Balaban J connectivity index is 1.90. The Morgan fingerprint density at radius 1 is 1.29 bits per heavy atom. The first kappa shape index (κ1) is 15.9. The van der Waals surface area contributed by atoms with Gasteiger partial charge in [-0.05, 0) is 6.07 Å². The summed E-state index contributed by atoms with van der Waals surface area (Å²) in [4.78, 5) is 31.3. The Kier molecular flexibility index (Phi) is 4.13. The molecule has 0 spiro atoms. The summed E-state index contributed by atoms with van der Waals surface area (Å²) in [5.41, 5.74) is 2.73. The molecule has 1 N–H and O–H groups in total. The Hall–Kier alpha value is -3.00. The monoisotopic (exact) mass is 342 g/mol. The number of nitrogens with zero attached hydrogens (tertiary/aromatic N) is 3. The Labute approximate surface area is 141 Å². The van der Waals surface area contributed by atoms with E-state index < -0.39 is 4.92 Å². The average Bonchev–Trinajstić information content (AvgIpc) is 3.23. The van der Waals surface area contributed by atoms with Gasteiger partial charge >= 0.3 is 0 Å². The van der Waals surface area contributed by atoms with E-state index in [2.05, 4.69) is 9.97 Å². The molecule has 8 heteroatoms. The van der Waals surface area contributed by atoms with Gasteiger partial charge in [-0.3, -0.25) is 14.9 Å². The topological polar surface area (TPSA) is 92.1 Å². The summed E-state index contributed by atoms with van der Waals surface area (Å²) in [6, 6.07) is 8.12. The van der Waals surface area contributed by atoms with Gasteiger partial charge in [0, 0.05) is 48.9 Å². The summed E-state index contributed by atoms with van der Waals surface area (Å²) in [5, 5.41) is 13.4. The molecule has 2 aromatic heterocycles. The Morgan fingerprint density at radius 3 is 2.79 bits per heavy atom. The minimum absolute atomic E-state index is 0.0322. The SMILES string of the molecule is CN(C)C(=O)c1cc(-c2csc(-c3cccc([N+](=O)[O-])c3)n2)c[nH]1. The van der Waals surface area contributed by atoms with Crippen LogP contribution >= 0.6 is 11.3 Å². The van der Waals surface area contributed by atoms with E-state index in [0.29, 0.717) is 16.3 Å². The summed E-state index contributed by atoms with van der Waals surface area (Å²) < 4.78 is 0. The molecule has 0 saturated carbocycles. The van der Waals surface area contributed by atoms with E-state index in [1.165, 1.54) is 28.4 Å². The third-order valence-electron chi connectivity index (χ3n) is 3.42. The lowest BCUT2D eigenvalue weighted by molar-refractivity contribution is -0.384. The predicted octanol–water partition coefficient (Wildman–Crippen LogP) is 3.42. The molecule has 24 heavy (non-hydrogen) atoms. The maximum Gasteiger partial charge on any atom is 0.270 e. The van der Waals surface area contributed by atoms with Gasteiger partial charge in [-0.25, -0.2) is 4.98 Å². The number of carbonyl (C=O) groups is 1. The number of non-ortho nitro benzene ring substituents is 1. The van der Waals surface area contributed by atoms with Crippen LogP contribution < -0.4 is 0 Å². The number of aromatic nitrogens is 2. The number of aromatic amines is 1. The normalized spacial score (nSPS) is 10.6. The van der Waals surface area contributed by atoms with Crippen LogP contribution in [-0.2, 0) is 0 Å². The highest BCUT2D eigenvalue weighted by molar-refractivity contribution is 7.13. The number of hydrogen-bond acceptors (Lipinski definition) is 5. The number of nitro groups is 1. The minimum atomic E-state index is -0.427. The van der Waals surface area contributed by atoms with E-state index in [-0.39, 0.29) is 11.6 Å². The van der Waals surface area contributed by atoms with Gasteiger partial charge < -0.3 is 9.88 Å². The molecule has 0 radical (unpaired) electrons. The molecule has 3 rings (SSSR count). The number of H-pyrrole nitrogens is 1. The van der Waals surface area contributed by atoms with Crippen LogP contribution in [0.25, 0.3) is 21.8 Å². The first-order valence-electron chi connectivity index (χ1n) is 7.06. The third-order valence-corrected chi connectivity index (χ3v) is 4.31. The smallest absolute Gasteiger partial charge is 0.270 e. The number of amides is 1. The van der Waals surface area contributed by atoms with Crippen molar-refractivity contribution in [1.82, 2.24) is 14.9 Å². The van der Waals surface area contributed by atoms with Crippen LogP contribution in [0.2, 0.25) is 0 Å². The maximum absolute atomic E-state index is 11.9. The molecule has 2 heterocycles. The van der Waals surface area contributed by atoms with Gasteiger partial charge in [0.15, 0.2) is 0 Å². The number of carbonyl (C=O) groups excluding carboxylic acids is 1. The first-order chi connectivity index (χ1) is 11.5. The summed E-state index contributed by atoms with van der Waals surface area (Å²) >= 11 is 1.40. The fraction of sp³-hybridized carbons (Fsp3) is 0.125. The lowest BCUT2D eigenvalue weighted by Crippen LogP contribution is -2.21. The molecule has 0 aliphatic heterocycles. The molecule has 0 saturated heterocycles. The number of rotatable bonds is 4. The zero-order valence-electron chi connectivity index (χ0n) is 13.0. The summed E-state index contributed by atoms with van der Waals surface area (Å²) in [6.07, 6.45) is 1.73. The van der Waals surface area contributed by atoms with E-state index in [9.17, 15) is 14.9 Å². The molecule has 3 aromatic rings. The summed E-state index contributed by atoms with van der Waals surface area (Å²) in [7, 11) is 3.37. The molecule has 0 aliphatic carbocycles. The highest BCUT2D eigenvalue weighted by atomic mass is 32.1. The van der Waals surface area contributed by atoms with Crippen LogP contribution in [0.15, 0.2) is 41.9 Å². The van der Waals surface area contributed by atoms with Gasteiger partial charge in [-0.2, -0.15) is 0 Å². The second kappa shape index (κ2) is 6.25. The van der Waals surface area contributed by atoms with E-state index in [0.717, 1.165) is 11.3 Å². The zero-order valence-corrected chi connectivity index (χ0v) is 13.8. The van der Waals surface area contributed by atoms with Gasteiger partial charge in [0.25, 0.3) is 11.6 Å². The number of benzene rings is 1. The molecule has 0 atom stereocenters. The van der Waals surface area contributed by atoms with Crippen molar-refractivity contribution in [1.29, 1.82) is 0 Å². The molecular formula is C16H14N4O3S. The standard InChI is InChI=1S/C16H14N4O3S/c1-19(2)16(21)13-7-11(8-17-13)14-9-24-15(18-14)10-4-3-5-12(6-10)20(22)23/h3-9,17H,1-2H3. The van der Waals surface area contributed by atoms with E-state index >= 15 is 0 Å². The average molecular weight is 342 g/mol. The molecule has 0 unspecified atom stereocenters. The van der Waals surface area contributed by atoms with Gasteiger partial charge in [-0.15, -0.1) is 11.3 Å². The number of thiazole rings is 1. The minimum Gasteiger partial charge on any atom is -0.357 e. The number of nitro benzene ring substituents is 1. The Morgan fingerprint density at radius 2 is 2.08 bits per heavy atom. The summed E-state index contributed by atoms with van der Waals surface area (Å²) in [5.74, 6) is -0.115. The van der Waals surface area contributed by atoms with E-state index in [1.54, 1.807) is 38.5 Å². The molecule has 0 fully saturated rings. The molecule has 1 amide bonds. The molecule has 7 nitrogen and oxygen atoms in total. The predicted molar refractivity (Wildman–Crippen MR) is 92.0 cm³/mol. The van der Waals surface area contributed by atoms with Crippen LogP contribution in [0.4, 0.5) is 5.69 Å². The molecule has 0 aliphatic rings. The third kappa shape index (κ3) is 3.04. The van der Waals surface area contributed by atoms with E-state index in [4.69, 9.17) is 0 Å². The van der Waals surface area contributed by atoms with E-state index in [1.807, 2.05) is 5.38 Å². The first-order valence-corrected chi connectivity index (χ1v) is 7.94. The van der Waals surface area contributed by atoms with Crippen molar-refractivity contribution >= 4 is 22.9 Å². The van der Waals surface area contributed by atoms with Gasteiger partial charge in [0.05, 0.1) is 10.6 Å². The zero-order chi connectivity index (χ0) is 17.3.